The Morgan fingerprint density at radius 2 is 1.74 bits per heavy atom. The molecule has 0 bridgehead atoms. The fraction of sp³-hybridized carbons (Fsp3) is 0.571. The fourth-order valence-electron chi connectivity index (χ4n) is 2.34. The topological polar surface area (TPSA) is 29.5 Å². The van der Waals surface area contributed by atoms with Crippen LogP contribution in [-0.2, 0) is 17.3 Å². The van der Waals surface area contributed by atoms with Gasteiger partial charge in [-0.3, -0.25) is 0 Å². The van der Waals surface area contributed by atoms with Crippen molar-refractivity contribution in [2.75, 3.05) is 13.2 Å². The average molecular weight is 274 g/mol. The standard InChI is InChI=1S/C14H17F3O2/c15-14(16,17)12-3-1-10(2-4-12)9-13(18)11-5-7-19-8-6-11/h1-4,11,13,18H,5-9H2. The molecule has 106 valence electrons. The van der Waals surface area contributed by atoms with Crippen LogP contribution < -0.4 is 0 Å². The van der Waals surface area contributed by atoms with Crippen molar-refractivity contribution in [3.63, 3.8) is 0 Å². The molecule has 1 atom stereocenters. The van der Waals surface area contributed by atoms with E-state index >= 15 is 0 Å². The molecule has 1 N–H and O–H groups in total. The van der Waals surface area contributed by atoms with Gasteiger partial charge >= 0.3 is 6.18 Å². The molecule has 0 saturated carbocycles. The van der Waals surface area contributed by atoms with E-state index in [9.17, 15) is 18.3 Å². The van der Waals surface area contributed by atoms with E-state index in [1.165, 1.54) is 12.1 Å². The molecule has 2 rings (SSSR count). The molecular weight excluding hydrogens is 257 g/mol. The van der Waals surface area contributed by atoms with Crippen LogP contribution in [0.3, 0.4) is 0 Å². The Morgan fingerprint density at radius 1 is 1.16 bits per heavy atom. The molecule has 1 aromatic rings. The highest BCUT2D eigenvalue weighted by Crippen LogP contribution is 2.29. The minimum Gasteiger partial charge on any atom is -0.392 e. The molecule has 1 aliphatic rings. The fourth-order valence-corrected chi connectivity index (χ4v) is 2.34. The van der Waals surface area contributed by atoms with Crippen LogP contribution >= 0.6 is 0 Å². The van der Waals surface area contributed by atoms with Crippen molar-refractivity contribution < 1.29 is 23.0 Å². The van der Waals surface area contributed by atoms with Crippen molar-refractivity contribution in [3.8, 4) is 0 Å². The maximum atomic E-state index is 12.4. The summed E-state index contributed by atoms with van der Waals surface area (Å²) >= 11 is 0. The van der Waals surface area contributed by atoms with Crippen LogP contribution in [0, 0.1) is 5.92 Å². The highest BCUT2D eigenvalue weighted by Gasteiger charge is 2.30. The lowest BCUT2D eigenvalue weighted by Gasteiger charge is -2.26. The molecule has 19 heavy (non-hydrogen) atoms. The first kappa shape index (κ1) is 14.3. The first-order valence-electron chi connectivity index (χ1n) is 6.39. The lowest BCUT2D eigenvalue weighted by atomic mass is 9.90. The Bertz CT molecular complexity index is 394. The quantitative estimate of drug-likeness (QED) is 0.918. The number of aliphatic hydroxyl groups excluding tert-OH is 1. The third kappa shape index (κ3) is 3.94. The molecule has 0 aromatic heterocycles. The smallest absolute Gasteiger partial charge is 0.392 e. The highest BCUT2D eigenvalue weighted by molar-refractivity contribution is 5.25. The molecule has 0 spiro atoms. The van der Waals surface area contributed by atoms with E-state index in [0.29, 0.717) is 19.6 Å². The van der Waals surface area contributed by atoms with Crippen molar-refractivity contribution in [1.82, 2.24) is 0 Å². The third-order valence-corrected chi connectivity index (χ3v) is 3.54. The first-order chi connectivity index (χ1) is 8.97. The molecule has 2 nitrogen and oxygen atoms in total. The first-order valence-corrected chi connectivity index (χ1v) is 6.39. The molecule has 0 radical (unpaired) electrons. The van der Waals surface area contributed by atoms with E-state index in [1.807, 2.05) is 0 Å². The minimum atomic E-state index is -4.31. The van der Waals surface area contributed by atoms with Gasteiger partial charge in [0.25, 0.3) is 0 Å². The van der Waals surface area contributed by atoms with Crippen molar-refractivity contribution in [1.29, 1.82) is 0 Å². The van der Waals surface area contributed by atoms with Crippen LogP contribution in [0.4, 0.5) is 13.2 Å². The molecule has 5 heteroatoms. The van der Waals surface area contributed by atoms with Gasteiger partial charge in [0.15, 0.2) is 0 Å². The number of ether oxygens (including phenoxy) is 1. The van der Waals surface area contributed by atoms with Gasteiger partial charge in [0, 0.05) is 13.2 Å². The Balaban J connectivity index is 1.95. The molecule has 1 unspecified atom stereocenters. The Kier molecular flexibility index (Phi) is 4.47. The largest absolute Gasteiger partial charge is 0.416 e. The summed E-state index contributed by atoms with van der Waals surface area (Å²) in [5, 5.41) is 10.1. The summed E-state index contributed by atoms with van der Waals surface area (Å²) in [5.41, 5.74) is 0.0730. The van der Waals surface area contributed by atoms with Gasteiger partial charge in [0.1, 0.15) is 0 Å². The Labute approximate surface area is 110 Å². The maximum Gasteiger partial charge on any atom is 0.416 e. The normalized spacial score (nSPS) is 19.4. The Morgan fingerprint density at radius 3 is 2.26 bits per heavy atom. The zero-order valence-corrected chi connectivity index (χ0v) is 10.5. The van der Waals surface area contributed by atoms with E-state index < -0.39 is 17.8 Å². The minimum absolute atomic E-state index is 0.177. The van der Waals surface area contributed by atoms with E-state index in [2.05, 4.69) is 0 Å². The van der Waals surface area contributed by atoms with E-state index in [0.717, 1.165) is 30.5 Å². The van der Waals surface area contributed by atoms with Gasteiger partial charge in [0.2, 0.25) is 0 Å². The van der Waals surface area contributed by atoms with Gasteiger partial charge in [-0.15, -0.1) is 0 Å². The van der Waals surface area contributed by atoms with Gasteiger partial charge < -0.3 is 9.84 Å². The second-order valence-corrected chi connectivity index (χ2v) is 4.92. The van der Waals surface area contributed by atoms with E-state index in [4.69, 9.17) is 4.74 Å². The number of benzene rings is 1. The number of rotatable bonds is 3. The molecule has 1 fully saturated rings. The van der Waals surface area contributed by atoms with Crippen LogP contribution in [0.25, 0.3) is 0 Å². The van der Waals surface area contributed by atoms with Gasteiger partial charge in [0.05, 0.1) is 11.7 Å². The number of alkyl halides is 3. The average Bonchev–Trinajstić information content (AvgIpc) is 2.39. The third-order valence-electron chi connectivity index (χ3n) is 3.54. The maximum absolute atomic E-state index is 12.4. The van der Waals surface area contributed by atoms with Crippen molar-refractivity contribution >= 4 is 0 Å². The summed E-state index contributed by atoms with van der Waals surface area (Å²) in [6.45, 7) is 1.30. The molecule has 1 saturated heterocycles. The lowest BCUT2D eigenvalue weighted by Crippen LogP contribution is -2.28. The summed E-state index contributed by atoms with van der Waals surface area (Å²) in [5.74, 6) is 0.177. The van der Waals surface area contributed by atoms with Crippen LogP contribution in [0.1, 0.15) is 24.0 Å². The van der Waals surface area contributed by atoms with E-state index in [-0.39, 0.29) is 5.92 Å². The zero-order chi connectivity index (χ0) is 13.9. The second-order valence-electron chi connectivity index (χ2n) is 4.92. The summed E-state index contributed by atoms with van der Waals surface area (Å²) in [4.78, 5) is 0. The van der Waals surface area contributed by atoms with Gasteiger partial charge in [-0.2, -0.15) is 13.2 Å². The lowest BCUT2D eigenvalue weighted by molar-refractivity contribution is -0.137. The molecule has 0 aliphatic carbocycles. The molecule has 1 heterocycles. The predicted octanol–water partition coefficient (Wildman–Crippen LogP) is 3.04. The van der Waals surface area contributed by atoms with Crippen LogP contribution in [0.2, 0.25) is 0 Å². The number of hydrogen-bond donors (Lipinski definition) is 1. The van der Waals surface area contributed by atoms with Gasteiger partial charge in [-0.05, 0) is 42.9 Å². The zero-order valence-electron chi connectivity index (χ0n) is 10.5. The van der Waals surface area contributed by atoms with Crippen molar-refractivity contribution in [2.45, 2.75) is 31.5 Å². The summed E-state index contributed by atoms with van der Waals surface area (Å²) in [6, 6.07) is 4.99. The summed E-state index contributed by atoms with van der Waals surface area (Å²) in [7, 11) is 0. The molecule has 1 aliphatic heterocycles. The van der Waals surface area contributed by atoms with Gasteiger partial charge in [-0.1, -0.05) is 12.1 Å². The second kappa shape index (κ2) is 5.92. The van der Waals surface area contributed by atoms with Crippen LogP contribution in [0.5, 0.6) is 0 Å². The van der Waals surface area contributed by atoms with Crippen molar-refractivity contribution in [3.05, 3.63) is 35.4 Å². The molecular formula is C14H17F3O2. The molecule has 1 aromatic carbocycles. The van der Waals surface area contributed by atoms with E-state index in [1.54, 1.807) is 0 Å². The SMILES string of the molecule is OC(Cc1ccc(C(F)(F)F)cc1)C1CCOCC1. The molecule has 0 amide bonds. The Hall–Kier alpha value is -1.07. The highest BCUT2D eigenvalue weighted by atomic mass is 19.4. The number of aliphatic hydroxyl groups is 1. The number of hydrogen-bond acceptors (Lipinski definition) is 2. The summed E-state index contributed by atoms with van der Waals surface area (Å²) in [6.07, 6.45) is -2.81. The monoisotopic (exact) mass is 274 g/mol. The summed E-state index contributed by atoms with van der Waals surface area (Å²) < 4.78 is 42.4. The van der Waals surface area contributed by atoms with Crippen molar-refractivity contribution in [2.24, 2.45) is 5.92 Å². The van der Waals surface area contributed by atoms with Crippen LogP contribution in [0.15, 0.2) is 24.3 Å². The number of halogens is 3. The van der Waals surface area contributed by atoms with Gasteiger partial charge in [-0.25, -0.2) is 0 Å². The predicted molar refractivity (Wildman–Crippen MR) is 64.7 cm³/mol. The van der Waals surface area contributed by atoms with Crippen LogP contribution in [-0.4, -0.2) is 24.4 Å².